The lowest BCUT2D eigenvalue weighted by atomic mass is 10.2. The molecule has 0 radical (unpaired) electrons. The van der Waals surface area contributed by atoms with Crippen LogP contribution in [0.5, 0.6) is 5.88 Å². The van der Waals surface area contributed by atoms with E-state index in [9.17, 15) is 27.9 Å². The maximum Gasteiger partial charge on any atom is 0.446 e. The van der Waals surface area contributed by atoms with Gasteiger partial charge in [-0.15, -0.1) is 0 Å². The Bertz CT molecular complexity index is 1070. The summed E-state index contributed by atoms with van der Waals surface area (Å²) in [6, 6.07) is 7.78. The van der Waals surface area contributed by atoms with Crippen molar-refractivity contribution in [2.45, 2.75) is 16.9 Å². The molecule has 146 valence electrons. The van der Waals surface area contributed by atoms with Crippen molar-refractivity contribution in [2.24, 2.45) is 0 Å². The lowest BCUT2D eigenvalue weighted by Crippen LogP contribution is -2.23. The number of carboxylic acids is 1. The molecule has 0 aliphatic heterocycles. The van der Waals surface area contributed by atoms with Crippen LogP contribution in [0.2, 0.25) is 0 Å². The molecule has 0 unspecified atom stereocenters. The number of alkyl halides is 3. The summed E-state index contributed by atoms with van der Waals surface area (Å²) in [6.45, 7) is -0.0236. The first-order chi connectivity index (χ1) is 13.1. The zero-order valence-corrected chi connectivity index (χ0v) is 14.7. The summed E-state index contributed by atoms with van der Waals surface area (Å²) in [5, 5.41) is 19.1. The van der Waals surface area contributed by atoms with Gasteiger partial charge in [0, 0.05) is 11.1 Å². The number of pyridine rings is 1. The maximum absolute atomic E-state index is 12.6. The van der Waals surface area contributed by atoms with Crippen LogP contribution in [0.25, 0.3) is 5.69 Å². The number of imidazole rings is 1. The molecule has 11 heteroatoms. The molecule has 2 aromatic heterocycles. The summed E-state index contributed by atoms with van der Waals surface area (Å²) >= 11 is -0.285. The van der Waals surface area contributed by atoms with Crippen molar-refractivity contribution in [2.75, 3.05) is 0 Å². The largest absolute Gasteiger partial charge is 0.493 e. The molecule has 2 heterocycles. The third kappa shape index (κ3) is 4.36. The Kier molecular flexibility index (Phi) is 5.18. The molecule has 0 spiro atoms. The molecule has 0 bridgehead atoms. The fraction of sp³-hybridized carbons (Fsp3) is 0.118. The van der Waals surface area contributed by atoms with Gasteiger partial charge in [0.25, 0.3) is 0 Å². The van der Waals surface area contributed by atoms with E-state index in [1.54, 1.807) is 0 Å². The smallest absolute Gasteiger partial charge is 0.446 e. The first-order valence-corrected chi connectivity index (χ1v) is 8.51. The highest BCUT2D eigenvalue weighted by atomic mass is 32.2. The summed E-state index contributed by atoms with van der Waals surface area (Å²) in [4.78, 5) is 27.2. The Balaban J connectivity index is 1.89. The number of benzene rings is 1. The monoisotopic (exact) mass is 411 g/mol. The molecule has 1 aromatic carbocycles. The molecule has 0 aliphatic rings. The van der Waals surface area contributed by atoms with Crippen molar-refractivity contribution in [3.8, 4) is 11.6 Å². The molecular weight excluding hydrogens is 399 g/mol. The zero-order valence-electron chi connectivity index (χ0n) is 13.9. The molecular formula is C17H12F3N3O4S. The molecule has 0 atom stereocenters. The van der Waals surface area contributed by atoms with Crippen LogP contribution in [0, 0.1) is 0 Å². The van der Waals surface area contributed by atoms with Crippen LogP contribution >= 0.6 is 11.8 Å². The third-order valence-corrected chi connectivity index (χ3v) is 4.40. The van der Waals surface area contributed by atoms with E-state index in [0.717, 1.165) is 15.3 Å². The molecule has 0 aliphatic carbocycles. The molecule has 0 amide bonds. The third-order valence-electron chi connectivity index (χ3n) is 3.66. The van der Waals surface area contributed by atoms with Crippen LogP contribution in [0.3, 0.4) is 0 Å². The van der Waals surface area contributed by atoms with E-state index in [1.807, 2.05) is 0 Å². The highest BCUT2D eigenvalue weighted by molar-refractivity contribution is 8.00. The van der Waals surface area contributed by atoms with Gasteiger partial charge in [0.2, 0.25) is 5.88 Å². The van der Waals surface area contributed by atoms with Gasteiger partial charge in [-0.3, -0.25) is 4.57 Å². The number of aromatic carboxylic acids is 1. The summed E-state index contributed by atoms with van der Waals surface area (Å²) in [7, 11) is 0. The predicted octanol–water partition coefficient (Wildman–Crippen LogP) is 3.10. The molecule has 28 heavy (non-hydrogen) atoms. The van der Waals surface area contributed by atoms with E-state index in [4.69, 9.17) is 5.11 Å². The SMILES string of the molecule is O=C(O)c1cc(Cn2cc(O)n(-c3ccc(SC(F)(F)F)cc3)c2=O)ccn1. The first kappa shape index (κ1) is 19.5. The number of aromatic hydroxyl groups is 1. The first-order valence-electron chi connectivity index (χ1n) is 7.69. The summed E-state index contributed by atoms with van der Waals surface area (Å²) in [5.41, 5.74) is -4.59. The minimum absolute atomic E-state index is 0.0236. The standard InChI is InChI=1S/C17H12F3N3O4S/c18-17(19,20)28-12-3-1-11(2-4-12)23-14(24)9-22(16(23)27)8-10-5-6-21-13(7-10)15(25)26/h1-7,9,24H,8H2,(H,25,26). The van der Waals surface area contributed by atoms with Crippen LogP contribution in [0.15, 0.2) is 58.5 Å². The van der Waals surface area contributed by atoms with Gasteiger partial charge in [-0.25, -0.2) is 19.1 Å². The fourth-order valence-electron chi connectivity index (χ4n) is 2.52. The van der Waals surface area contributed by atoms with Crippen LogP contribution in [0.1, 0.15) is 16.1 Å². The number of carbonyl (C=O) groups is 1. The van der Waals surface area contributed by atoms with Crippen molar-refractivity contribution >= 4 is 17.7 Å². The number of hydrogen-bond donors (Lipinski definition) is 2. The minimum Gasteiger partial charge on any atom is -0.493 e. The highest BCUT2D eigenvalue weighted by Gasteiger charge is 2.29. The van der Waals surface area contributed by atoms with E-state index in [1.165, 1.54) is 42.6 Å². The van der Waals surface area contributed by atoms with Crippen molar-refractivity contribution in [3.05, 3.63) is 70.5 Å². The van der Waals surface area contributed by atoms with Gasteiger partial charge in [-0.05, 0) is 53.7 Å². The van der Waals surface area contributed by atoms with Gasteiger partial charge in [0.15, 0.2) is 0 Å². The second kappa shape index (κ2) is 7.43. The molecule has 3 rings (SSSR count). The van der Waals surface area contributed by atoms with Crippen molar-refractivity contribution < 1.29 is 28.2 Å². The lowest BCUT2D eigenvalue weighted by Gasteiger charge is -2.07. The summed E-state index contributed by atoms with van der Waals surface area (Å²) < 4.78 is 39.3. The molecule has 0 saturated heterocycles. The van der Waals surface area contributed by atoms with Gasteiger partial charge in [0.05, 0.1) is 18.4 Å². The number of halogens is 3. The van der Waals surface area contributed by atoms with Gasteiger partial charge in [0.1, 0.15) is 5.69 Å². The van der Waals surface area contributed by atoms with Gasteiger partial charge in [-0.2, -0.15) is 13.2 Å². The Morgan fingerprint density at radius 3 is 2.46 bits per heavy atom. The number of rotatable bonds is 5. The van der Waals surface area contributed by atoms with Crippen molar-refractivity contribution in [1.82, 2.24) is 14.1 Å². The Labute approximate surface area is 159 Å². The average Bonchev–Trinajstić information content (AvgIpc) is 2.88. The highest BCUT2D eigenvalue weighted by Crippen LogP contribution is 2.37. The topological polar surface area (TPSA) is 97.3 Å². The number of carboxylic acid groups (broad SMARTS) is 1. The van der Waals surface area contributed by atoms with Gasteiger partial charge in [-0.1, -0.05) is 0 Å². The second-order valence-corrected chi connectivity index (χ2v) is 6.77. The molecule has 0 fully saturated rings. The maximum atomic E-state index is 12.6. The molecule has 0 saturated carbocycles. The number of hydrogen-bond acceptors (Lipinski definition) is 5. The predicted molar refractivity (Wildman–Crippen MR) is 93.9 cm³/mol. The lowest BCUT2D eigenvalue weighted by molar-refractivity contribution is -0.0328. The van der Waals surface area contributed by atoms with Gasteiger partial charge < -0.3 is 10.2 Å². The van der Waals surface area contributed by atoms with Crippen LogP contribution in [-0.2, 0) is 6.54 Å². The van der Waals surface area contributed by atoms with Crippen LogP contribution in [0.4, 0.5) is 13.2 Å². The minimum atomic E-state index is -4.43. The molecule has 7 nitrogen and oxygen atoms in total. The average molecular weight is 411 g/mol. The van der Waals surface area contributed by atoms with Crippen LogP contribution < -0.4 is 5.69 Å². The zero-order chi connectivity index (χ0) is 20.5. The number of aromatic nitrogens is 3. The van der Waals surface area contributed by atoms with Crippen molar-refractivity contribution in [3.63, 3.8) is 0 Å². The fourth-order valence-corrected chi connectivity index (χ4v) is 3.06. The van der Waals surface area contributed by atoms with Crippen LogP contribution in [-0.4, -0.2) is 35.8 Å². The van der Waals surface area contributed by atoms with E-state index in [0.29, 0.717) is 5.56 Å². The molecule has 2 N–H and O–H groups in total. The normalized spacial score (nSPS) is 11.5. The van der Waals surface area contributed by atoms with Gasteiger partial charge >= 0.3 is 17.2 Å². The van der Waals surface area contributed by atoms with E-state index >= 15 is 0 Å². The Morgan fingerprint density at radius 1 is 1.18 bits per heavy atom. The van der Waals surface area contributed by atoms with Crippen molar-refractivity contribution in [1.29, 1.82) is 0 Å². The number of thioether (sulfide) groups is 1. The number of nitrogens with zero attached hydrogens (tertiary/aromatic N) is 3. The summed E-state index contributed by atoms with van der Waals surface area (Å²) in [6.07, 6.45) is 2.44. The Hall–Kier alpha value is -3.21. The quantitative estimate of drug-likeness (QED) is 0.627. The molecule has 3 aromatic rings. The Morgan fingerprint density at radius 2 is 1.86 bits per heavy atom. The van der Waals surface area contributed by atoms with E-state index in [2.05, 4.69) is 4.98 Å². The van der Waals surface area contributed by atoms with E-state index in [-0.39, 0.29) is 34.6 Å². The van der Waals surface area contributed by atoms with E-state index < -0.39 is 23.0 Å². The second-order valence-electron chi connectivity index (χ2n) is 5.63. The summed E-state index contributed by atoms with van der Waals surface area (Å²) in [5.74, 6) is -1.62.